The maximum atomic E-state index is 12.9. The second-order valence-electron chi connectivity index (χ2n) is 11.9. The molecule has 0 bridgehead atoms. The van der Waals surface area contributed by atoms with Crippen LogP contribution in [0, 0.1) is 18.3 Å². The van der Waals surface area contributed by atoms with E-state index in [0.29, 0.717) is 41.4 Å². The summed E-state index contributed by atoms with van der Waals surface area (Å²) < 4.78 is 40.9. The quantitative estimate of drug-likeness (QED) is 0.287. The molecular weight excluding hydrogens is 603 g/mol. The van der Waals surface area contributed by atoms with Gasteiger partial charge in [-0.3, -0.25) is 9.80 Å². The minimum Gasteiger partial charge on any atom is -0.367 e. The van der Waals surface area contributed by atoms with Crippen molar-refractivity contribution in [1.82, 2.24) is 29.2 Å². The maximum absolute atomic E-state index is 12.9. The largest absolute Gasteiger partial charge is 0.393 e. The number of amides is 2. The van der Waals surface area contributed by atoms with E-state index in [2.05, 4.69) is 54.8 Å². The number of carbonyl (C=O) groups excluding carboxylic acids is 1. The second kappa shape index (κ2) is 12.8. The highest BCUT2D eigenvalue weighted by Crippen LogP contribution is 2.33. The Balaban J connectivity index is 1.07. The Morgan fingerprint density at radius 2 is 1.82 bits per heavy atom. The highest BCUT2D eigenvalue weighted by Gasteiger charge is 2.29. The number of fused-ring (bicyclic) bond motifs is 2. The molecule has 10 nitrogen and oxygen atoms in total. The summed E-state index contributed by atoms with van der Waals surface area (Å²) in [6.07, 6.45) is -2.05. The number of nitriles is 1. The number of carbonyl (C=O) groups is 1. The fourth-order valence-electron chi connectivity index (χ4n) is 6.43. The molecule has 0 atom stereocenters. The van der Waals surface area contributed by atoms with Gasteiger partial charge in [-0.25, -0.2) is 14.8 Å². The minimum absolute atomic E-state index is 0.167. The van der Waals surface area contributed by atoms with E-state index in [1.807, 2.05) is 6.07 Å². The SMILES string of the molecule is Cc1c(CN2CCC(Nc3ncnc4sc(CC(F)(F)F)cc34)CC2)ccc2c1cc(C#N)n2CCN1CCN(C(N)=O)CC1. The van der Waals surface area contributed by atoms with E-state index in [4.69, 9.17) is 5.73 Å². The molecule has 0 aliphatic carbocycles. The molecule has 6 rings (SSSR count). The van der Waals surface area contributed by atoms with Crippen molar-refractivity contribution < 1.29 is 18.0 Å². The molecule has 238 valence electrons. The molecule has 14 heteroatoms. The van der Waals surface area contributed by atoms with Crippen LogP contribution in [0.4, 0.5) is 23.8 Å². The van der Waals surface area contributed by atoms with Gasteiger partial charge in [0, 0.05) is 80.7 Å². The van der Waals surface area contributed by atoms with E-state index < -0.39 is 12.6 Å². The van der Waals surface area contributed by atoms with E-state index in [1.165, 1.54) is 17.5 Å². The fraction of sp³-hybridized carbons (Fsp3) is 0.484. The molecule has 2 fully saturated rings. The zero-order valence-electron chi connectivity index (χ0n) is 25.1. The Morgan fingerprint density at radius 3 is 2.51 bits per heavy atom. The molecule has 3 N–H and O–H groups in total. The monoisotopic (exact) mass is 639 g/mol. The van der Waals surface area contributed by atoms with Gasteiger partial charge in [-0.2, -0.15) is 18.4 Å². The summed E-state index contributed by atoms with van der Waals surface area (Å²) in [5, 5.41) is 15.1. The number of urea groups is 1. The molecule has 0 radical (unpaired) electrons. The standard InChI is InChI=1S/C31H36F3N9OS/c1-20-21(2-3-27-25(20)14-23(17-35)43(27)13-10-40-8-11-42(12-9-40)30(36)44)18-41-6-4-22(5-7-41)39-28-26-15-24(16-31(32,33)34)45-29(26)38-19-37-28/h2-3,14-15,19,22H,4-13,16,18H2,1H3,(H2,36,44)(H,37,38,39). The Bertz CT molecular complexity index is 1730. The van der Waals surface area contributed by atoms with Crippen molar-refractivity contribution >= 4 is 44.3 Å². The lowest BCUT2D eigenvalue weighted by Gasteiger charge is -2.33. The van der Waals surface area contributed by atoms with Gasteiger partial charge in [0.05, 0.1) is 11.8 Å². The number of rotatable bonds is 8. The smallest absolute Gasteiger partial charge is 0.367 e. The van der Waals surface area contributed by atoms with Crippen LogP contribution >= 0.6 is 11.3 Å². The number of hydrogen-bond acceptors (Lipinski definition) is 8. The van der Waals surface area contributed by atoms with Crippen molar-refractivity contribution in [3.63, 3.8) is 0 Å². The number of piperazine rings is 1. The van der Waals surface area contributed by atoms with Crippen LogP contribution in [0.1, 0.15) is 34.5 Å². The lowest BCUT2D eigenvalue weighted by atomic mass is 10.0. The van der Waals surface area contributed by atoms with Gasteiger partial charge >= 0.3 is 12.2 Å². The molecule has 2 amide bonds. The summed E-state index contributed by atoms with van der Waals surface area (Å²) in [5.41, 5.74) is 9.50. The molecule has 5 heterocycles. The maximum Gasteiger partial charge on any atom is 0.393 e. The molecule has 4 aromatic rings. The Kier molecular flexibility index (Phi) is 8.85. The van der Waals surface area contributed by atoms with E-state index >= 15 is 0 Å². The predicted molar refractivity (Wildman–Crippen MR) is 168 cm³/mol. The van der Waals surface area contributed by atoms with Crippen LogP contribution in [-0.4, -0.2) is 93.3 Å². The van der Waals surface area contributed by atoms with Gasteiger partial charge in [0.2, 0.25) is 0 Å². The number of aromatic nitrogens is 3. The van der Waals surface area contributed by atoms with Gasteiger partial charge < -0.3 is 20.5 Å². The van der Waals surface area contributed by atoms with Gasteiger partial charge in [-0.05, 0) is 49.1 Å². The first-order valence-corrected chi connectivity index (χ1v) is 16.0. The summed E-state index contributed by atoms with van der Waals surface area (Å²) in [7, 11) is 0. The third-order valence-electron chi connectivity index (χ3n) is 8.98. The molecule has 45 heavy (non-hydrogen) atoms. The van der Waals surface area contributed by atoms with Gasteiger partial charge in [0.25, 0.3) is 0 Å². The summed E-state index contributed by atoms with van der Waals surface area (Å²) in [5.74, 6) is 0.593. The summed E-state index contributed by atoms with van der Waals surface area (Å²) >= 11 is 1.06. The highest BCUT2D eigenvalue weighted by atomic mass is 32.1. The van der Waals surface area contributed by atoms with Crippen molar-refractivity contribution in [2.45, 2.75) is 51.5 Å². The zero-order valence-corrected chi connectivity index (χ0v) is 25.9. The second-order valence-corrected chi connectivity index (χ2v) is 13.0. The molecule has 0 unspecified atom stereocenters. The average molecular weight is 640 g/mol. The number of aryl methyl sites for hydroxylation is 1. The van der Waals surface area contributed by atoms with Crippen LogP contribution in [0.3, 0.4) is 0 Å². The molecule has 2 saturated heterocycles. The molecule has 0 spiro atoms. The number of halogens is 3. The number of benzene rings is 1. The lowest BCUT2D eigenvalue weighted by molar-refractivity contribution is -0.126. The Labute approximate surface area is 263 Å². The zero-order chi connectivity index (χ0) is 31.7. The molecule has 0 saturated carbocycles. The average Bonchev–Trinajstić information content (AvgIpc) is 3.59. The Morgan fingerprint density at radius 1 is 1.07 bits per heavy atom. The summed E-state index contributed by atoms with van der Waals surface area (Å²) in [6, 6.07) is 9.98. The first-order valence-electron chi connectivity index (χ1n) is 15.2. The van der Waals surface area contributed by atoms with Crippen molar-refractivity contribution in [2.24, 2.45) is 5.73 Å². The first-order chi connectivity index (χ1) is 21.6. The number of hydrogen-bond donors (Lipinski definition) is 2. The number of nitrogens with one attached hydrogen (secondary N) is 1. The van der Waals surface area contributed by atoms with E-state index in [1.54, 1.807) is 11.0 Å². The number of primary amides is 1. The number of anilines is 1. The van der Waals surface area contributed by atoms with Crippen LogP contribution in [0.2, 0.25) is 0 Å². The van der Waals surface area contributed by atoms with Crippen LogP contribution in [0.5, 0.6) is 0 Å². The van der Waals surface area contributed by atoms with E-state index in [0.717, 1.165) is 74.3 Å². The Hall–Kier alpha value is -3.93. The third-order valence-corrected chi connectivity index (χ3v) is 10.0. The molecular formula is C31H36F3N9OS. The minimum atomic E-state index is -4.26. The van der Waals surface area contributed by atoms with Crippen LogP contribution in [-0.2, 0) is 19.5 Å². The third kappa shape index (κ3) is 7.00. The number of nitrogens with two attached hydrogens (primary N) is 1. The molecule has 1 aromatic carbocycles. The number of thiophene rings is 1. The lowest BCUT2D eigenvalue weighted by Crippen LogP contribution is -2.50. The number of likely N-dealkylation sites (tertiary alicyclic amines) is 1. The first kappa shape index (κ1) is 31.1. The number of piperidine rings is 1. The van der Waals surface area contributed by atoms with E-state index in [-0.39, 0.29) is 17.0 Å². The number of alkyl halides is 3. The molecule has 2 aliphatic heterocycles. The van der Waals surface area contributed by atoms with Crippen molar-refractivity contribution in [3.05, 3.63) is 52.3 Å². The number of nitrogens with zero attached hydrogens (tertiary/aromatic N) is 7. The van der Waals surface area contributed by atoms with Gasteiger partial charge in [-0.1, -0.05) is 6.07 Å². The van der Waals surface area contributed by atoms with Crippen LogP contribution in [0.25, 0.3) is 21.1 Å². The van der Waals surface area contributed by atoms with Gasteiger partial charge in [-0.15, -0.1) is 11.3 Å². The van der Waals surface area contributed by atoms with Gasteiger partial charge in [0.1, 0.15) is 28.7 Å². The summed E-state index contributed by atoms with van der Waals surface area (Å²) in [4.78, 5) is 27.1. The van der Waals surface area contributed by atoms with Crippen LogP contribution < -0.4 is 11.1 Å². The van der Waals surface area contributed by atoms with Crippen molar-refractivity contribution in [2.75, 3.05) is 51.1 Å². The van der Waals surface area contributed by atoms with Crippen molar-refractivity contribution in [3.8, 4) is 6.07 Å². The van der Waals surface area contributed by atoms with Crippen molar-refractivity contribution in [1.29, 1.82) is 5.26 Å². The predicted octanol–water partition coefficient (Wildman–Crippen LogP) is 4.70. The summed E-state index contributed by atoms with van der Waals surface area (Å²) in [6.45, 7) is 8.91. The van der Waals surface area contributed by atoms with E-state index in [9.17, 15) is 23.2 Å². The van der Waals surface area contributed by atoms with Gasteiger partial charge in [0.15, 0.2) is 0 Å². The molecule has 3 aromatic heterocycles. The highest BCUT2D eigenvalue weighted by molar-refractivity contribution is 7.18. The molecule has 2 aliphatic rings. The van der Waals surface area contributed by atoms with Crippen LogP contribution in [0.15, 0.2) is 30.6 Å². The normalized spacial score (nSPS) is 17.3. The topological polar surface area (TPSA) is 119 Å². The fourth-order valence-corrected chi connectivity index (χ4v) is 7.46.